The highest BCUT2D eigenvalue weighted by atomic mass is 79.9. The van der Waals surface area contributed by atoms with Gasteiger partial charge in [0.25, 0.3) is 5.91 Å². The van der Waals surface area contributed by atoms with Crippen LogP contribution in [0.2, 0.25) is 0 Å². The number of carbonyl (C=O) groups is 1. The van der Waals surface area contributed by atoms with Crippen LogP contribution in [-0.2, 0) is 0 Å². The van der Waals surface area contributed by atoms with Gasteiger partial charge in [0, 0.05) is 23.8 Å². The second kappa shape index (κ2) is 6.14. The maximum atomic E-state index is 11.8. The fourth-order valence-electron chi connectivity index (χ4n) is 1.17. The summed E-state index contributed by atoms with van der Waals surface area (Å²) in [5.74, 6) is 0.0348. The normalized spacial score (nSPS) is 10.1. The Morgan fingerprint density at radius 3 is 2.93 bits per heavy atom. The van der Waals surface area contributed by atoms with Gasteiger partial charge in [-0.1, -0.05) is 22.9 Å². The van der Waals surface area contributed by atoms with Gasteiger partial charge >= 0.3 is 0 Å². The summed E-state index contributed by atoms with van der Waals surface area (Å²) in [6, 6.07) is 0. The maximum absolute atomic E-state index is 11.8. The molecule has 0 aromatic carbocycles. The second-order valence-corrected chi connectivity index (χ2v) is 4.37. The predicted octanol–water partition coefficient (Wildman–Crippen LogP) is 2.39. The van der Waals surface area contributed by atoms with Gasteiger partial charge in [0.1, 0.15) is 5.69 Å². The van der Waals surface area contributed by atoms with Crippen molar-refractivity contribution in [3.05, 3.63) is 16.6 Å². The molecule has 0 aliphatic rings. The van der Waals surface area contributed by atoms with Gasteiger partial charge in [-0.05, 0) is 6.42 Å². The first-order valence-electron chi connectivity index (χ1n) is 4.53. The number of rotatable bonds is 5. The largest absolute Gasteiger partial charge is 0.336 e. The van der Waals surface area contributed by atoms with Gasteiger partial charge in [-0.2, -0.15) is 0 Å². The Balaban J connectivity index is 2.63. The Morgan fingerprint density at radius 1 is 1.64 bits per heavy atom. The summed E-state index contributed by atoms with van der Waals surface area (Å²) in [6.07, 6.45) is 0.975. The average Bonchev–Trinajstić information content (AvgIpc) is 2.69. The Labute approximate surface area is 96.3 Å². The third-order valence-electron chi connectivity index (χ3n) is 1.79. The molecule has 0 saturated carbocycles. The zero-order chi connectivity index (χ0) is 10.4. The van der Waals surface area contributed by atoms with Crippen molar-refractivity contribution in [1.29, 1.82) is 0 Å². The topological polar surface area (TPSA) is 33.2 Å². The second-order valence-electron chi connectivity index (χ2n) is 2.85. The number of amides is 1. The summed E-state index contributed by atoms with van der Waals surface area (Å²) in [5, 5.41) is 2.60. The number of hydrogen-bond acceptors (Lipinski definition) is 3. The summed E-state index contributed by atoms with van der Waals surface area (Å²) in [6.45, 7) is 3.60. The third-order valence-corrected chi connectivity index (χ3v) is 2.73. The van der Waals surface area contributed by atoms with Crippen LogP contribution in [0.3, 0.4) is 0 Å². The van der Waals surface area contributed by atoms with Crippen molar-refractivity contribution in [2.75, 3.05) is 18.4 Å². The van der Waals surface area contributed by atoms with Crippen molar-refractivity contribution in [3.8, 4) is 0 Å². The molecule has 1 heterocycles. The number of alkyl halides is 1. The molecule has 0 aliphatic heterocycles. The summed E-state index contributed by atoms with van der Waals surface area (Å²) in [7, 11) is 0. The predicted molar refractivity (Wildman–Crippen MR) is 62.1 cm³/mol. The number of thiazole rings is 1. The summed E-state index contributed by atoms with van der Waals surface area (Å²) in [4.78, 5) is 17.7. The lowest BCUT2D eigenvalue weighted by molar-refractivity contribution is 0.0761. The van der Waals surface area contributed by atoms with Crippen LogP contribution in [-0.4, -0.2) is 34.2 Å². The molecule has 78 valence electrons. The lowest BCUT2D eigenvalue weighted by Gasteiger charge is -2.19. The molecule has 0 unspecified atom stereocenters. The Morgan fingerprint density at radius 2 is 2.43 bits per heavy atom. The van der Waals surface area contributed by atoms with E-state index in [1.165, 1.54) is 11.3 Å². The molecule has 0 N–H and O–H groups in total. The van der Waals surface area contributed by atoms with E-state index in [1.807, 2.05) is 4.90 Å². The van der Waals surface area contributed by atoms with Gasteiger partial charge in [0.15, 0.2) is 0 Å². The van der Waals surface area contributed by atoms with E-state index in [0.29, 0.717) is 5.69 Å². The minimum atomic E-state index is 0.0348. The minimum absolute atomic E-state index is 0.0348. The van der Waals surface area contributed by atoms with Crippen molar-refractivity contribution >= 4 is 33.2 Å². The first-order chi connectivity index (χ1) is 6.79. The van der Waals surface area contributed by atoms with E-state index in [2.05, 4.69) is 27.8 Å². The van der Waals surface area contributed by atoms with Gasteiger partial charge in [-0.15, -0.1) is 11.3 Å². The van der Waals surface area contributed by atoms with Crippen molar-refractivity contribution < 1.29 is 4.79 Å². The molecule has 0 aliphatic carbocycles. The summed E-state index contributed by atoms with van der Waals surface area (Å²) in [5.41, 5.74) is 2.25. The lowest BCUT2D eigenvalue weighted by Crippen LogP contribution is -2.33. The molecular weight excluding hydrogens is 264 g/mol. The molecule has 0 spiro atoms. The van der Waals surface area contributed by atoms with E-state index >= 15 is 0 Å². The van der Waals surface area contributed by atoms with Gasteiger partial charge in [-0.25, -0.2) is 4.98 Å². The molecule has 3 nitrogen and oxygen atoms in total. The van der Waals surface area contributed by atoms with Crippen molar-refractivity contribution in [2.45, 2.75) is 13.3 Å². The molecule has 0 atom stereocenters. The van der Waals surface area contributed by atoms with Gasteiger partial charge in [0.05, 0.1) is 5.51 Å². The van der Waals surface area contributed by atoms with E-state index in [-0.39, 0.29) is 5.91 Å². The van der Waals surface area contributed by atoms with Crippen molar-refractivity contribution in [1.82, 2.24) is 9.88 Å². The first kappa shape index (κ1) is 11.7. The summed E-state index contributed by atoms with van der Waals surface area (Å²) >= 11 is 4.79. The quantitative estimate of drug-likeness (QED) is 0.774. The molecule has 14 heavy (non-hydrogen) atoms. The molecule has 0 radical (unpaired) electrons. The molecule has 0 saturated heterocycles. The highest BCUT2D eigenvalue weighted by Gasteiger charge is 2.15. The standard InChI is InChI=1S/C9H13BrN2OS/c1-2-4-12(5-3-10)9(13)8-6-14-7-11-8/h6-7H,2-5H2,1H3. The molecular formula is C9H13BrN2OS. The van der Waals surface area contributed by atoms with Gasteiger partial charge < -0.3 is 4.90 Å². The van der Waals surface area contributed by atoms with Crippen molar-refractivity contribution in [2.24, 2.45) is 0 Å². The highest BCUT2D eigenvalue weighted by Crippen LogP contribution is 2.06. The number of halogens is 1. The van der Waals surface area contributed by atoms with Crippen LogP contribution in [0.15, 0.2) is 10.9 Å². The molecule has 1 amide bonds. The van der Waals surface area contributed by atoms with E-state index in [0.717, 1.165) is 24.8 Å². The molecule has 5 heteroatoms. The van der Waals surface area contributed by atoms with Crippen LogP contribution in [0.4, 0.5) is 0 Å². The number of carbonyl (C=O) groups excluding carboxylic acids is 1. The molecule has 1 aromatic rings. The monoisotopic (exact) mass is 276 g/mol. The highest BCUT2D eigenvalue weighted by molar-refractivity contribution is 9.09. The van der Waals surface area contributed by atoms with Crippen LogP contribution in [0.25, 0.3) is 0 Å². The van der Waals surface area contributed by atoms with E-state index in [4.69, 9.17) is 0 Å². The zero-order valence-electron chi connectivity index (χ0n) is 8.07. The SMILES string of the molecule is CCCN(CCBr)C(=O)c1cscn1. The van der Waals surface area contributed by atoms with Crippen LogP contribution in [0.1, 0.15) is 23.8 Å². The van der Waals surface area contributed by atoms with Gasteiger partial charge in [0.2, 0.25) is 0 Å². The fraction of sp³-hybridized carbons (Fsp3) is 0.556. The number of nitrogens with zero attached hydrogens (tertiary/aromatic N) is 2. The fourth-order valence-corrected chi connectivity index (χ4v) is 2.12. The Kier molecular flexibility index (Phi) is 5.11. The maximum Gasteiger partial charge on any atom is 0.273 e. The van der Waals surface area contributed by atoms with Crippen LogP contribution < -0.4 is 0 Å². The Bertz CT molecular complexity index is 270. The van der Waals surface area contributed by atoms with Crippen LogP contribution in [0.5, 0.6) is 0 Å². The van der Waals surface area contributed by atoms with Crippen LogP contribution in [0, 0.1) is 0 Å². The number of aromatic nitrogens is 1. The average molecular weight is 277 g/mol. The van der Waals surface area contributed by atoms with Gasteiger partial charge in [-0.3, -0.25) is 4.79 Å². The van der Waals surface area contributed by atoms with E-state index in [9.17, 15) is 4.79 Å². The van der Waals surface area contributed by atoms with E-state index < -0.39 is 0 Å². The minimum Gasteiger partial charge on any atom is -0.336 e. The number of hydrogen-bond donors (Lipinski definition) is 0. The van der Waals surface area contributed by atoms with Crippen molar-refractivity contribution in [3.63, 3.8) is 0 Å². The molecule has 1 aromatic heterocycles. The smallest absolute Gasteiger partial charge is 0.273 e. The summed E-state index contributed by atoms with van der Waals surface area (Å²) < 4.78 is 0. The molecule has 0 fully saturated rings. The molecule has 0 bridgehead atoms. The third kappa shape index (κ3) is 3.06. The zero-order valence-corrected chi connectivity index (χ0v) is 10.5. The molecule has 1 rings (SSSR count). The Hall–Kier alpha value is -0.420. The lowest BCUT2D eigenvalue weighted by atomic mass is 10.3. The van der Waals surface area contributed by atoms with Crippen LogP contribution >= 0.6 is 27.3 Å². The first-order valence-corrected chi connectivity index (χ1v) is 6.59. The van der Waals surface area contributed by atoms with E-state index in [1.54, 1.807) is 10.9 Å².